The Labute approximate surface area is 157 Å². The Kier molecular flexibility index (Phi) is 4.49. The zero-order valence-electron chi connectivity index (χ0n) is 15.0. The number of amides is 3. The molecule has 0 radical (unpaired) electrons. The lowest BCUT2D eigenvalue weighted by atomic mass is 10.1. The Balaban J connectivity index is 1.48. The van der Waals surface area contributed by atoms with Crippen LogP contribution in [0, 0.1) is 0 Å². The normalized spacial score (nSPS) is 22.1. The van der Waals surface area contributed by atoms with Crippen molar-refractivity contribution in [3.63, 3.8) is 0 Å². The predicted molar refractivity (Wildman–Crippen MR) is 98.1 cm³/mol. The highest BCUT2D eigenvalue weighted by molar-refractivity contribution is 6.22. The molecular weight excluding hydrogens is 344 g/mol. The fourth-order valence-corrected chi connectivity index (χ4v) is 3.62. The lowest BCUT2D eigenvalue weighted by molar-refractivity contribution is -0.145. The van der Waals surface area contributed by atoms with E-state index in [0.717, 1.165) is 10.5 Å². The summed E-state index contributed by atoms with van der Waals surface area (Å²) in [5.74, 6) is -1.07. The molecule has 4 rings (SSSR count). The molecule has 1 saturated heterocycles. The fourth-order valence-electron chi connectivity index (χ4n) is 3.62. The van der Waals surface area contributed by atoms with Crippen molar-refractivity contribution in [1.82, 2.24) is 9.80 Å². The largest absolute Gasteiger partial charge is 0.367 e. The van der Waals surface area contributed by atoms with Crippen molar-refractivity contribution in [2.45, 2.75) is 19.1 Å². The molecular formula is C21H20N2O4. The van der Waals surface area contributed by atoms with Crippen LogP contribution in [0.5, 0.6) is 0 Å². The highest BCUT2D eigenvalue weighted by Crippen LogP contribution is 2.26. The summed E-state index contributed by atoms with van der Waals surface area (Å²) in [4.78, 5) is 40.5. The summed E-state index contributed by atoms with van der Waals surface area (Å²) < 4.78 is 5.97. The highest BCUT2D eigenvalue weighted by Gasteiger charge is 2.38. The maximum absolute atomic E-state index is 12.8. The molecule has 27 heavy (non-hydrogen) atoms. The molecule has 2 unspecified atom stereocenters. The van der Waals surface area contributed by atoms with Crippen molar-refractivity contribution in [3.8, 4) is 0 Å². The number of hydrogen-bond donors (Lipinski definition) is 0. The van der Waals surface area contributed by atoms with Crippen LogP contribution in [0.25, 0.3) is 0 Å². The number of ether oxygens (including phenoxy) is 1. The van der Waals surface area contributed by atoms with Gasteiger partial charge in [0.05, 0.1) is 23.8 Å². The molecule has 0 aromatic heterocycles. The molecule has 1 fully saturated rings. The SMILES string of the molecule is CC1CN(C(=O)CN2C(=O)c3ccccc3C2=O)CC(c2ccccc2)O1. The van der Waals surface area contributed by atoms with Crippen LogP contribution in [-0.4, -0.2) is 53.3 Å². The molecule has 2 atom stereocenters. The van der Waals surface area contributed by atoms with Crippen molar-refractivity contribution in [3.05, 3.63) is 71.3 Å². The van der Waals surface area contributed by atoms with Gasteiger partial charge in [-0.2, -0.15) is 0 Å². The van der Waals surface area contributed by atoms with Gasteiger partial charge < -0.3 is 9.64 Å². The van der Waals surface area contributed by atoms with Crippen LogP contribution in [0.3, 0.4) is 0 Å². The first-order valence-corrected chi connectivity index (χ1v) is 8.98. The van der Waals surface area contributed by atoms with E-state index in [2.05, 4.69) is 0 Å². The van der Waals surface area contributed by atoms with Crippen molar-refractivity contribution >= 4 is 17.7 Å². The van der Waals surface area contributed by atoms with E-state index in [-0.39, 0.29) is 24.7 Å². The number of carbonyl (C=O) groups is 3. The van der Waals surface area contributed by atoms with Crippen molar-refractivity contribution in [1.29, 1.82) is 0 Å². The van der Waals surface area contributed by atoms with E-state index in [1.807, 2.05) is 37.3 Å². The van der Waals surface area contributed by atoms with Crippen LogP contribution in [0.4, 0.5) is 0 Å². The number of nitrogens with zero attached hydrogens (tertiary/aromatic N) is 2. The molecule has 138 valence electrons. The third-order valence-electron chi connectivity index (χ3n) is 4.96. The number of rotatable bonds is 3. The maximum atomic E-state index is 12.8. The number of imide groups is 1. The molecule has 2 aromatic rings. The van der Waals surface area contributed by atoms with E-state index < -0.39 is 11.8 Å². The van der Waals surface area contributed by atoms with Gasteiger partial charge in [-0.3, -0.25) is 19.3 Å². The lowest BCUT2D eigenvalue weighted by Gasteiger charge is -2.37. The summed E-state index contributed by atoms with van der Waals surface area (Å²) in [6.07, 6.45) is -0.351. The van der Waals surface area contributed by atoms with Gasteiger partial charge in [0.2, 0.25) is 5.91 Å². The Morgan fingerprint density at radius 1 is 0.963 bits per heavy atom. The summed E-state index contributed by atoms with van der Waals surface area (Å²) in [6, 6.07) is 16.4. The topological polar surface area (TPSA) is 66.9 Å². The number of hydrogen-bond acceptors (Lipinski definition) is 4. The standard InChI is InChI=1S/C21H20N2O4/c1-14-11-22(12-18(27-14)15-7-3-2-4-8-15)19(24)13-23-20(25)16-9-5-6-10-17(16)21(23)26/h2-10,14,18H,11-13H2,1H3. The van der Waals surface area contributed by atoms with Crippen LogP contribution in [0.1, 0.15) is 39.3 Å². The van der Waals surface area contributed by atoms with E-state index in [1.165, 1.54) is 0 Å². The zero-order valence-corrected chi connectivity index (χ0v) is 15.0. The quantitative estimate of drug-likeness (QED) is 0.784. The average Bonchev–Trinajstić information content (AvgIpc) is 2.93. The van der Waals surface area contributed by atoms with Gasteiger partial charge in [0.25, 0.3) is 11.8 Å². The Morgan fingerprint density at radius 3 is 2.19 bits per heavy atom. The third-order valence-corrected chi connectivity index (χ3v) is 4.96. The predicted octanol–water partition coefficient (Wildman–Crippen LogP) is 2.27. The van der Waals surface area contributed by atoms with Crippen LogP contribution in [0.2, 0.25) is 0 Å². The first-order chi connectivity index (χ1) is 13.0. The molecule has 3 amide bonds. The number of fused-ring (bicyclic) bond motifs is 1. The minimum Gasteiger partial charge on any atom is -0.367 e. The second kappa shape index (κ2) is 6.96. The summed E-state index contributed by atoms with van der Waals surface area (Å²) in [6.45, 7) is 2.50. The first-order valence-electron chi connectivity index (χ1n) is 8.98. The van der Waals surface area contributed by atoms with E-state index in [1.54, 1.807) is 29.2 Å². The molecule has 0 aliphatic carbocycles. The van der Waals surface area contributed by atoms with Crippen LogP contribution < -0.4 is 0 Å². The maximum Gasteiger partial charge on any atom is 0.262 e. The molecule has 6 heteroatoms. The molecule has 0 spiro atoms. The first kappa shape index (κ1) is 17.4. The van der Waals surface area contributed by atoms with Gasteiger partial charge in [-0.05, 0) is 24.6 Å². The van der Waals surface area contributed by atoms with Gasteiger partial charge in [-0.1, -0.05) is 42.5 Å². The molecule has 0 N–H and O–H groups in total. The minimum absolute atomic E-state index is 0.130. The molecule has 2 heterocycles. The number of morpholine rings is 1. The summed E-state index contributed by atoms with van der Waals surface area (Å²) in [7, 11) is 0. The van der Waals surface area contributed by atoms with Gasteiger partial charge in [0.15, 0.2) is 0 Å². The van der Waals surface area contributed by atoms with Gasteiger partial charge in [-0.25, -0.2) is 0 Å². The van der Waals surface area contributed by atoms with Crippen LogP contribution in [0.15, 0.2) is 54.6 Å². The second-order valence-corrected chi connectivity index (χ2v) is 6.89. The van der Waals surface area contributed by atoms with Crippen LogP contribution in [-0.2, 0) is 9.53 Å². The van der Waals surface area contributed by atoms with Crippen LogP contribution >= 0.6 is 0 Å². The second-order valence-electron chi connectivity index (χ2n) is 6.89. The summed E-state index contributed by atoms with van der Waals surface area (Å²) >= 11 is 0. The molecule has 2 aliphatic heterocycles. The molecule has 2 aromatic carbocycles. The van der Waals surface area contributed by atoms with E-state index in [4.69, 9.17) is 4.74 Å². The van der Waals surface area contributed by atoms with Gasteiger partial charge in [0.1, 0.15) is 12.6 Å². The van der Waals surface area contributed by atoms with Gasteiger partial charge in [0, 0.05) is 6.54 Å². The highest BCUT2D eigenvalue weighted by atomic mass is 16.5. The average molecular weight is 364 g/mol. The Bertz CT molecular complexity index is 861. The molecule has 0 bridgehead atoms. The molecule has 6 nitrogen and oxygen atoms in total. The van der Waals surface area contributed by atoms with Crippen molar-refractivity contribution in [2.75, 3.05) is 19.6 Å². The fraction of sp³-hybridized carbons (Fsp3) is 0.286. The van der Waals surface area contributed by atoms with E-state index in [9.17, 15) is 14.4 Å². The summed E-state index contributed by atoms with van der Waals surface area (Å²) in [5.41, 5.74) is 1.71. The molecule has 2 aliphatic rings. The van der Waals surface area contributed by atoms with Gasteiger partial charge >= 0.3 is 0 Å². The number of carbonyl (C=O) groups excluding carboxylic acids is 3. The Morgan fingerprint density at radius 2 is 1.56 bits per heavy atom. The monoisotopic (exact) mass is 364 g/mol. The van der Waals surface area contributed by atoms with E-state index >= 15 is 0 Å². The smallest absolute Gasteiger partial charge is 0.262 e. The Hall–Kier alpha value is -2.99. The third kappa shape index (κ3) is 3.24. The summed E-state index contributed by atoms with van der Waals surface area (Å²) in [5, 5.41) is 0. The van der Waals surface area contributed by atoms with Gasteiger partial charge in [-0.15, -0.1) is 0 Å². The van der Waals surface area contributed by atoms with E-state index in [0.29, 0.717) is 24.2 Å². The minimum atomic E-state index is -0.412. The zero-order chi connectivity index (χ0) is 19.0. The molecule has 0 saturated carbocycles. The number of benzene rings is 2. The van der Waals surface area contributed by atoms with Crippen molar-refractivity contribution in [2.24, 2.45) is 0 Å². The lowest BCUT2D eigenvalue weighted by Crippen LogP contribution is -2.50. The van der Waals surface area contributed by atoms with Crippen molar-refractivity contribution < 1.29 is 19.1 Å².